The van der Waals surface area contributed by atoms with Gasteiger partial charge in [-0.15, -0.1) is 11.3 Å². The summed E-state index contributed by atoms with van der Waals surface area (Å²) in [5, 5.41) is 9.04. The molecule has 126 valence electrons. The van der Waals surface area contributed by atoms with Crippen LogP contribution >= 0.6 is 11.3 Å². The van der Waals surface area contributed by atoms with Gasteiger partial charge in [-0.1, -0.05) is 18.2 Å². The van der Waals surface area contributed by atoms with Crippen molar-refractivity contribution < 1.29 is 0 Å². The Morgan fingerprint density at radius 2 is 2.17 bits per heavy atom. The molecule has 1 aromatic carbocycles. The molecule has 0 saturated heterocycles. The molecule has 3 N–H and O–H groups in total. The molecular formula is C18H23N5S. The SMILES string of the molecule is CCNC(=NCc1cc2ccccc2[nH]1)NCCc1ncc(C)s1. The van der Waals surface area contributed by atoms with E-state index >= 15 is 0 Å². The van der Waals surface area contributed by atoms with Gasteiger partial charge in [-0.3, -0.25) is 0 Å². The van der Waals surface area contributed by atoms with E-state index in [2.05, 4.69) is 63.7 Å². The molecule has 0 fully saturated rings. The number of aromatic nitrogens is 2. The van der Waals surface area contributed by atoms with Crippen LogP contribution < -0.4 is 10.6 Å². The number of nitrogens with one attached hydrogen (secondary N) is 3. The Hall–Kier alpha value is -2.34. The highest BCUT2D eigenvalue weighted by molar-refractivity contribution is 7.11. The van der Waals surface area contributed by atoms with Crippen LogP contribution in [0.5, 0.6) is 0 Å². The number of hydrogen-bond donors (Lipinski definition) is 3. The lowest BCUT2D eigenvalue weighted by molar-refractivity contribution is 0.795. The highest BCUT2D eigenvalue weighted by Crippen LogP contribution is 2.15. The average molecular weight is 341 g/mol. The normalized spacial score (nSPS) is 11.8. The molecule has 2 aromatic heterocycles. The van der Waals surface area contributed by atoms with Crippen LogP contribution in [0.15, 0.2) is 41.5 Å². The first kappa shape index (κ1) is 16.5. The van der Waals surface area contributed by atoms with Gasteiger partial charge in [0.25, 0.3) is 0 Å². The molecule has 0 spiro atoms. The second kappa shape index (κ2) is 7.97. The van der Waals surface area contributed by atoms with Gasteiger partial charge < -0.3 is 15.6 Å². The molecule has 0 atom stereocenters. The molecule has 0 aliphatic heterocycles. The lowest BCUT2D eigenvalue weighted by Crippen LogP contribution is -2.38. The van der Waals surface area contributed by atoms with Gasteiger partial charge in [0.2, 0.25) is 0 Å². The monoisotopic (exact) mass is 341 g/mol. The van der Waals surface area contributed by atoms with Crippen LogP contribution in [0.2, 0.25) is 0 Å². The zero-order valence-corrected chi connectivity index (χ0v) is 14.9. The Kier molecular flexibility index (Phi) is 5.48. The van der Waals surface area contributed by atoms with E-state index in [1.165, 1.54) is 10.3 Å². The van der Waals surface area contributed by atoms with E-state index in [0.29, 0.717) is 6.54 Å². The summed E-state index contributed by atoms with van der Waals surface area (Å²) in [6.45, 7) is 6.45. The van der Waals surface area contributed by atoms with E-state index in [9.17, 15) is 0 Å². The number of benzene rings is 1. The molecule has 0 amide bonds. The van der Waals surface area contributed by atoms with Gasteiger partial charge in [-0.2, -0.15) is 0 Å². The van der Waals surface area contributed by atoms with E-state index in [0.717, 1.165) is 41.7 Å². The van der Waals surface area contributed by atoms with Gasteiger partial charge in [0, 0.05) is 41.8 Å². The van der Waals surface area contributed by atoms with Crippen LogP contribution in [0.4, 0.5) is 0 Å². The van der Waals surface area contributed by atoms with Gasteiger partial charge in [0.15, 0.2) is 5.96 Å². The molecule has 0 aliphatic rings. The zero-order valence-electron chi connectivity index (χ0n) is 14.1. The summed E-state index contributed by atoms with van der Waals surface area (Å²) in [5.41, 5.74) is 2.27. The summed E-state index contributed by atoms with van der Waals surface area (Å²) < 4.78 is 0. The average Bonchev–Trinajstić information content (AvgIpc) is 3.18. The Morgan fingerprint density at radius 3 is 2.92 bits per heavy atom. The topological polar surface area (TPSA) is 65.1 Å². The minimum atomic E-state index is 0.625. The lowest BCUT2D eigenvalue weighted by atomic mass is 10.2. The predicted octanol–water partition coefficient (Wildman–Crippen LogP) is 3.23. The van der Waals surface area contributed by atoms with Gasteiger partial charge in [-0.05, 0) is 31.4 Å². The second-order valence-corrected chi connectivity index (χ2v) is 6.94. The maximum Gasteiger partial charge on any atom is 0.191 e. The summed E-state index contributed by atoms with van der Waals surface area (Å²) >= 11 is 1.75. The molecule has 5 nitrogen and oxygen atoms in total. The Labute approximate surface area is 146 Å². The van der Waals surface area contributed by atoms with Gasteiger partial charge in [-0.25, -0.2) is 9.98 Å². The maximum absolute atomic E-state index is 4.66. The quantitative estimate of drug-likeness (QED) is 0.476. The maximum atomic E-state index is 4.66. The molecule has 3 rings (SSSR count). The highest BCUT2D eigenvalue weighted by atomic mass is 32.1. The fourth-order valence-corrected chi connectivity index (χ4v) is 3.32. The fraction of sp³-hybridized carbons (Fsp3) is 0.333. The number of aromatic amines is 1. The molecule has 6 heteroatoms. The second-order valence-electron chi connectivity index (χ2n) is 5.62. The molecule has 24 heavy (non-hydrogen) atoms. The molecule has 2 heterocycles. The summed E-state index contributed by atoms with van der Waals surface area (Å²) in [6.07, 6.45) is 2.84. The van der Waals surface area contributed by atoms with Gasteiger partial charge in [0.1, 0.15) is 0 Å². The van der Waals surface area contributed by atoms with E-state index in [1.807, 2.05) is 12.3 Å². The number of aliphatic imine (C=N–C) groups is 1. The third-order valence-corrected chi connectivity index (χ3v) is 4.61. The number of aryl methyl sites for hydroxylation is 1. The third kappa shape index (κ3) is 4.35. The lowest BCUT2D eigenvalue weighted by Gasteiger charge is -2.10. The molecule has 3 aromatic rings. The van der Waals surface area contributed by atoms with Crippen molar-refractivity contribution in [3.63, 3.8) is 0 Å². The molecule has 0 radical (unpaired) electrons. The van der Waals surface area contributed by atoms with E-state index in [1.54, 1.807) is 11.3 Å². The van der Waals surface area contributed by atoms with Crippen LogP contribution in [0.25, 0.3) is 10.9 Å². The van der Waals surface area contributed by atoms with Gasteiger partial charge in [0.05, 0.1) is 11.6 Å². The van der Waals surface area contributed by atoms with Crippen molar-refractivity contribution in [2.24, 2.45) is 4.99 Å². The van der Waals surface area contributed by atoms with Crippen LogP contribution in [-0.2, 0) is 13.0 Å². The van der Waals surface area contributed by atoms with Crippen molar-refractivity contribution in [3.05, 3.63) is 52.1 Å². The number of guanidine groups is 1. The van der Waals surface area contributed by atoms with Crippen molar-refractivity contribution in [1.82, 2.24) is 20.6 Å². The largest absolute Gasteiger partial charge is 0.357 e. The molecule has 0 bridgehead atoms. The fourth-order valence-electron chi connectivity index (χ4n) is 2.53. The smallest absolute Gasteiger partial charge is 0.191 e. The third-order valence-electron chi connectivity index (χ3n) is 3.64. The standard InChI is InChI=1S/C18H23N5S/c1-3-19-18(20-9-8-17-21-11-13(2)24-17)22-12-15-10-14-6-4-5-7-16(14)23-15/h4-7,10-11,23H,3,8-9,12H2,1-2H3,(H2,19,20,22). The number of rotatable bonds is 6. The number of fused-ring (bicyclic) bond motifs is 1. The summed E-state index contributed by atoms with van der Waals surface area (Å²) in [7, 11) is 0. The van der Waals surface area contributed by atoms with Crippen LogP contribution in [0, 0.1) is 6.92 Å². The van der Waals surface area contributed by atoms with Crippen LogP contribution in [0.1, 0.15) is 22.5 Å². The number of thiazole rings is 1. The Morgan fingerprint density at radius 1 is 1.29 bits per heavy atom. The highest BCUT2D eigenvalue weighted by Gasteiger charge is 2.02. The number of hydrogen-bond acceptors (Lipinski definition) is 3. The van der Waals surface area contributed by atoms with Crippen LogP contribution in [0.3, 0.4) is 0 Å². The molecule has 0 unspecified atom stereocenters. The summed E-state index contributed by atoms with van der Waals surface area (Å²) in [6, 6.07) is 10.4. The summed E-state index contributed by atoms with van der Waals surface area (Å²) in [4.78, 5) is 13.7. The first-order valence-corrected chi connectivity index (χ1v) is 9.06. The van der Waals surface area contributed by atoms with Crippen LogP contribution in [-0.4, -0.2) is 29.0 Å². The zero-order chi connectivity index (χ0) is 16.8. The van der Waals surface area contributed by atoms with Crippen molar-refractivity contribution >= 4 is 28.2 Å². The summed E-state index contributed by atoms with van der Waals surface area (Å²) in [5.74, 6) is 0.837. The van der Waals surface area contributed by atoms with Crippen molar-refractivity contribution in [2.75, 3.05) is 13.1 Å². The van der Waals surface area contributed by atoms with E-state index in [-0.39, 0.29) is 0 Å². The number of nitrogens with zero attached hydrogens (tertiary/aromatic N) is 2. The Balaban J connectivity index is 1.58. The van der Waals surface area contributed by atoms with Crippen molar-refractivity contribution in [3.8, 4) is 0 Å². The molecule has 0 aliphatic carbocycles. The number of H-pyrrole nitrogens is 1. The van der Waals surface area contributed by atoms with Crippen molar-refractivity contribution in [2.45, 2.75) is 26.8 Å². The molecular weight excluding hydrogens is 318 g/mol. The predicted molar refractivity (Wildman–Crippen MR) is 102 cm³/mol. The van der Waals surface area contributed by atoms with E-state index < -0.39 is 0 Å². The minimum absolute atomic E-state index is 0.625. The van der Waals surface area contributed by atoms with E-state index in [4.69, 9.17) is 0 Å². The first-order valence-electron chi connectivity index (χ1n) is 8.24. The van der Waals surface area contributed by atoms with Gasteiger partial charge >= 0.3 is 0 Å². The minimum Gasteiger partial charge on any atom is -0.357 e. The van der Waals surface area contributed by atoms with Crippen molar-refractivity contribution in [1.29, 1.82) is 0 Å². The number of para-hydroxylation sites is 1. The Bertz CT molecular complexity index is 785. The molecule has 0 saturated carbocycles. The first-order chi connectivity index (χ1) is 11.7.